The zero-order chi connectivity index (χ0) is 15.6. The molecule has 0 radical (unpaired) electrons. The van der Waals surface area contributed by atoms with Gasteiger partial charge in [0.1, 0.15) is 11.4 Å². The number of phenolic OH excluding ortho intramolecular Hbond substituents is 1. The maximum Gasteiger partial charge on any atom is 0.224 e. The zero-order valence-electron chi connectivity index (χ0n) is 12.2. The van der Waals surface area contributed by atoms with E-state index in [4.69, 9.17) is 0 Å². The number of aromatic hydroxyl groups is 1. The van der Waals surface area contributed by atoms with Crippen LogP contribution in [-0.2, 0) is 23.2 Å². The number of aryl methyl sites for hydroxylation is 1. The van der Waals surface area contributed by atoms with Gasteiger partial charge in [-0.3, -0.25) is 4.79 Å². The molecule has 0 heterocycles. The Kier molecular flexibility index (Phi) is 3.86. The van der Waals surface area contributed by atoms with Crippen molar-refractivity contribution < 1.29 is 15.0 Å². The first-order valence-corrected chi connectivity index (χ1v) is 7.43. The third-order valence-electron chi connectivity index (χ3n) is 4.25. The van der Waals surface area contributed by atoms with Gasteiger partial charge in [0.25, 0.3) is 0 Å². The molecule has 1 unspecified atom stereocenters. The summed E-state index contributed by atoms with van der Waals surface area (Å²) in [4.78, 5) is 12.0. The Morgan fingerprint density at radius 2 is 1.86 bits per heavy atom. The van der Waals surface area contributed by atoms with Crippen molar-refractivity contribution in [1.29, 1.82) is 0 Å². The van der Waals surface area contributed by atoms with Gasteiger partial charge in [-0.15, -0.1) is 0 Å². The molecule has 1 aliphatic carbocycles. The first kappa shape index (κ1) is 14.6. The molecule has 0 bridgehead atoms. The van der Waals surface area contributed by atoms with Gasteiger partial charge >= 0.3 is 0 Å². The van der Waals surface area contributed by atoms with Gasteiger partial charge in [-0.25, -0.2) is 0 Å². The van der Waals surface area contributed by atoms with Crippen molar-refractivity contribution in [3.8, 4) is 5.75 Å². The number of phenols is 1. The molecular weight excluding hydrogens is 278 g/mol. The molecular formula is C18H19NO3. The number of para-hydroxylation sites is 1. The summed E-state index contributed by atoms with van der Waals surface area (Å²) in [5, 5.41) is 23.2. The van der Waals surface area contributed by atoms with E-state index in [9.17, 15) is 15.0 Å². The molecule has 0 saturated carbocycles. The standard InChI is InChI=1S/C18H19NO3/c20-16-8-4-2-6-14(16)11-17(21)19-12-18(22)10-9-13-5-1-3-7-15(13)18/h1-8,20,22H,9-12H2,(H,19,21). The molecule has 0 aliphatic heterocycles. The summed E-state index contributed by atoms with van der Waals surface area (Å²) < 4.78 is 0. The van der Waals surface area contributed by atoms with Gasteiger partial charge in [-0.1, -0.05) is 42.5 Å². The Balaban J connectivity index is 1.63. The normalized spacial score (nSPS) is 19.7. The van der Waals surface area contributed by atoms with Gasteiger partial charge in [0, 0.05) is 5.56 Å². The number of nitrogens with one attached hydrogen (secondary N) is 1. The number of aliphatic hydroxyl groups is 1. The van der Waals surface area contributed by atoms with E-state index in [1.165, 1.54) is 0 Å². The molecule has 1 aliphatic rings. The van der Waals surface area contributed by atoms with E-state index in [0.29, 0.717) is 12.0 Å². The van der Waals surface area contributed by atoms with E-state index in [-0.39, 0.29) is 24.6 Å². The van der Waals surface area contributed by atoms with Crippen molar-refractivity contribution in [2.75, 3.05) is 6.54 Å². The summed E-state index contributed by atoms with van der Waals surface area (Å²) in [6.45, 7) is 0.191. The van der Waals surface area contributed by atoms with Crippen LogP contribution in [0.25, 0.3) is 0 Å². The van der Waals surface area contributed by atoms with Crippen LogP contribution in [0, 0.1) is 0 Å². The highest BCUT2D eigenvalue weighted by Gasteiger charge is 2.36. The van der Waals surface area contributed by atoms with Gasteiger partial charge in [-0.2, -0.15) is 0 Å². The van der Waals surface area contributed by atoms with Crippen LogP contribution >= 0.6 is 0 Å². The number of benzene rings is 2. The van der Waals surface area contributed by atoms with Crippen molar-refractivity contribution in [2.24, 2.45) is 0 Å². The molecule has 0 fully saturated rings. The fourth-order valence-corrected chi connectivity index (χ4v) is 2.99. The summed E-state index contributed by atoms with van der Waals surface area (Å²) in [6, 6.07) is 14.6. The van der Waals surface area contributed by atoms with Crippen LogP contribution in [0.1, 0.15) is 23.1 Å². The minimum atomic E-state index is -0.995. The van der Waals surface area contributed by atoms with Gasteiger partial charge in [0.15, 0.2) is 0 Å². The second kappa shape index (κ2) is 5.81. The van der Waals surface area contributed by atoms with E-state index in [1.807, 2.05) is 24.3 Å². The van der Waals surface area contributed by atoms with Crippen molar-refractivity contribution in [3.05, 3.63) is 65.2 Å². The largest absolute Gasteiger partial charge is 0.508 e. The van der Waals surface area contributed by atoms with Crippen LogP contribution in [0.2, 0.25) is 0 Å². The molecule has 4 heteroatoms. The molecule has 114 valence electrons. The molecule has 22 heavy (non-hydrogen) atoms. The van der Waals surface area contributed by atoms with Crippen molar-refractivity contribution >= 4 is 5.91 Å². The minimum Gasteiger partial charge on any atom is -0.508 e. The third-order valence-corrected chi connectivity index (χ3v) is 4.25. The molecule has 2 aromatic rings. The van der Waals surface area contributed by atoms with Crippen molar-refractivity contribution in [2.45, 2.75) is 24.9 Å². The minimum absolute atomic E-state index is 0.102. The van der Waals surface area contributed by atoms with Crippen molar-refractivity contribution in [1.82, 2.24) is 5.32 Å². The number of amides is 1. The number of carbonyl (C=O) groups is 1. The smallest absolute Gasteiger partial charge is 0.224 e. The van der Waals surface area contributed by atoms with Crippen LogP contribution in [-0.4, -0.2) is 22.7 Å². The van der Waals surface area contributed by atoms with Gasteiger partial charge in [-0.05, 0) is 30.0 Å². The number of rotatable bonds is 4. The van der Waals surface area contributed by atoms with E-state index in [2.05, 4.69) is 5.32 Å². The molecule has 1 amide bonds. The lowest BCUT2D eigenvalue weighted by Gasteiger charge is -2.24. The average Bonchev–Trinajstić information content (AvgIpc) is 2.86. The molecule has 0 aromatic heterocycles. The molecule has 3 N–H and O–H groups in total. The number of hydrogen-bond acceptors (Lipinski definition) is 3. The Bertz CT molecular complexity index is 698. The van der Waals surface area contributed by atoms with Crippen LogP contribution in [0.5, 0.6) is 5.75 Å². The Hall–Kier alpha value is -2.33. The van der Waals surface area contributed by atoms with E-state index < -0.39 is 5.60 Å². The maximum absolute atomic E-state index is 12.0. The second-order valence-electron chi connectivity index (χ2n) is 5.77. The SMILES string of the molecule is O=C(Cc1ccccc1O)NCC1(O)CCc2ccccc21. The van der Waals surface area contributed by atoms with Crippen LogP contribution in [0.3, 0.4) is 0 Å². The van der Waals surface area contributed by atoms with Crippen molar-refractivity contribution in [3.63, 3.8) is 0 Å². The molecule has 0 saturated heterocycles. The number of fused-ring (bicyclic) bond motifs is 1. The number of carbonyl (C=O) groups excluding carboxylic acids is 1. The van der Waals surface area contributed by atoms with Gasteiger partial charge in [0.05, 0.1) is 13.0 Å². The third kappa shape index (κ3) is 2.83. The predicted molar refractivity (Wildman–Crippen MR) is 83.5 cm³/mol. The summed E-state index contributed by atoms with van der Waals surface area (Å²) in [6.07, 6.45) is 1.54. The number of hydrogen-bond donors (Lipinski definition) is 3. The molecule has 3 rings (SSSR count). The molecule has 1 atom stereocenters. The lowest BCUT2D eigenvalue weighted by atomic mass is 9.96. The maximum atomic E-state index is 12.0. The highest BCUT2D eigenvalue weighted by molar-refractivity contribution is 5.79. The van der Waals surface area contributed by atoms with E-state index >= 15 is 0 Å². The van der Waals surface area contributed by atoms with Crippen LogP contribution < -0.4 is 5.32 Å². The zero-order valence-corrected chi connectivity index (χ0v) is 12.2. The van der Waals surface area contributed by atoms with E-state index in [1.54, 1.807) is 24.3 Å². The topological polar surface area (TPSA) is 69.6 Å². The Morgan fingerprint density at radius 3 is 2.68 bits per heavy atom. The predicted octanol–water partition coefficient (Wildman–Crippen LogP) is 1.88. The molecule has 4 nitrogen and oxygen atoms in total. The quantitative estimate of drug-likeness (QED) is 0.807. The lowest BCUT2D eigenvalue weighted by Crippen LogP contribution is -2.39. The highest BCUT2D eigenvalue weighted by Crippen LogP contribution is 2.36. The van der Waals surface area contributed by atoms with Gasteiger partial charge < -0.3 is 15.5 Å². The van der Waals surface area contributed by atoms with Gasteiger partial charge in [0.2, 0.25) is 5.91 Å². The summed E-state index contributed by atoms with van der Waals surface area (Å²) >= 11 is 0. The first-order chi connectivity index (χ1) is 10.6. The summed E-state index contributed by atoms with van der Waals surface area (Å²) in [7, 11) is 0. The van der Waals surface area contributed by atoms with Crippen LogP contribution in [0.15, 0.2) is 48.5 Å². The summed E-state index contributed by atoms with van der Waals surface area (Å²) in [5.41, 5.74) is 1.63. The summed E-state index contributed by atoms with van der Waals surface area (Å²) in [5.74, 6) is -0.0955. The molecule has 2 aromatic carbocycles. The second-order valence-corrected chi connectivity index (χ2v) is 5.77. The lowest BCUT2D eigenvalue weighted by molar-refractivity contribution is -0.121. The van der Waals surface area contributed by atoms with E-state index in [0.717, 1.165) is 17.5 Å². The fourth-order valence-electron chi connectivity index (χ4n) is 2.99. The highest BCUT2D eigenvalue weighted by atomic mass is 16.3. The van der Waals surface area contributed by atoms with Crippen LogP contribution in [0.4, 0.5) is 0 Å². The monoisotopic (exact) mass is 297 g/mol. The first-order valence-electron chi connectivity index (χ1n) is 7.43. The average molecular weight is 297 g/mol. The Morgan fingerprint density at radius 1 is 1.14 bits per heavy atom. The molecule has 0 spiro atoms. The Labute approximate surface area is 129 Å². The fraction of sp³-hybridized carbons (Fsp3) is 0.278.